The largest absolute Gasteiger partial charge is 0.356 e. The molecule has 1 aromatic heterocycles. The van der Waals surface area contributed by atoms with Crippen molar-refractivity contribution in [2.24, 2.45) is 5.92 Å². The lowest BCUT2D eigenvalue weighted by Gasteiger charge is -2.32. The molecule has 1 aliphatic rings. The fourth-order valence-corrected chi connectivity index (χ4v) is 3.37. The number of rotatable bonds is 3. The highest BCUT2D eigenvalue weighted by Gasteiger charge is 2.18. The van der Waals surface area contributed by atoms with Crippen LogP contribution in [-0.2, 0) is 0 Å². The van der Waals surface area contributed by atoms with Crippen LogP contribution in [0.4, 0.5) is 17.3 Å². The molecule has 1 aromatic carbocycles. The van der Waals surface area contributed by atoms with Gasteiger partial charge in [-0.3, -0.25) is 0 Å². The first-order valence-corrected chi connectivity index (χ1v) is 8.45. The fraction of sp³-hybridized carbons (Fsp3) is 0.474. The van der Waals surface area contributed by atoms with Gasteiger partial charge in [0.25, 0.3) is 0 Å². The zero-order chi connectivity index (χ0) is 16.4. The number of piperidine rings is 1. The maximum atomic E-state index is 4.64. The van der Waals surface area contributed by atoms with Gasteiger partial charge in [-0.05, 0) is 62.8 Å². The normalized spacial score (nSPS) is 18.1. The van der Waals surface area contributed by atoms with Crippen LogP contribution < -0.4 is 10.2 Å². The summed E-state index contributed by atoms with van der Waals surface area (Å²) in [6.45, 7) is 10.7. The monoisotopic (exact) mass is 310 g/mol. The van der Waals surface area contributed by atoms with Gasteiger partial charge in [0.15, 0.2) is 0 Å². The minimum atomic E-state index is 0.731. The molecule has 4 nitrogen and oxygen atoms in total. The van der Waals surface area contributed by atoms with Crippen molar-refractivity contribution in [1.29, 1.82) is 0 Å². The van der Waals surface area contributed by atoms with Crippen molar-refractivity contribution in [2.45, 2.75) is 40.5 Å². The number of anilines is 3. The molecule has 3 rings (SSSR count). The summed E-state index contributed by atoms with van der Waals surface area (Å²) in [5.74, 6) is 3.45. The van der Waals surface area contributed by atoms with E-state index in [4.69, 9.17) is 0 Å². The topological polar surface area (TPSA) is 41.0 Å². The van der Waals surface area contributed by atoms with Gasteiger partial charge in [-0.2, -0.15) is 0 Å². The van der Waals surface area contributed by atoms with Gasteiger partial charge in [0, 0.05) is 24.8 Å². The summed E-state index contributed by atoms with van der Waals surface area (Å²) in [7, 11) is 0. The molecular weight excluding hydrogens is 284 g/mol. The molecule has 1 fully saturated rings. The standard InChI is InChI=1S/C19H26N4/c1-13-6-5-7-23(12-13)19-11-18(20-16(4)21-19)22-17-9-14(2)8-15(3)10-17/h8-11,13H,5-7,12H2,1-4H3,(H,20,21,22). The summed E-state index contributed by atoms with van der Waals surface area (Å²) in [5, 5.41) is 3.44. The molecule has 1 N–H and O–H groups in total. The van der Waals surface area contributed by atoms with E-state index in [0.717, 1.165) is 42.2 Å². The van der Waals surface area contributed by atoms with Crippen molar-refractivity contribution < 1.29 is 0 Å². The first-order valence-electron chi connectivity index (χ1n) is 8.45. The van der Waals surface area contributed by atoms with Gasteiger partial charge in [-0.15, -0.1) is 0 Å². The Labute approximate surface area is 139 Å². The van der Waals surface area contributed by atoms with Crippen LogP contribution in [0.1, 0.15) is 36.7 Å². The molecule has 0 aliphatic carbocycles. The molecule has 0 spiro atoms. The summed E-state index contributed by atoms with van der Waals surface area (Å²) < 4.78 is 0. The molecule has 0 saturated carbocycles. The highest BCUT2D eigenvalue weighted by atomic mass is 15.2. The van der Waals surface area contributed by atoms with Crippen molar-refractivity contribution in [3.8, 4) is 0 Å². The van der Waals surface area contributed by atoms with Gasteiger partial charge in [0.05, 0.1) is 0 Å². The summed E-state index contributed by atoms with van der Waals surface area (Å²) in [6, 6.07) is 8.54. The van der Waals surface area contributed by atoms with Crippen molar-refractivity contribution >= 4 is 17.3 Å². The van der Waals surface area contributed by atoms with Crippen molar-refractivity contribution in [3.05, 3.63) is 41.2 Å². The maximum Gasteiger partial charge on any atom is 0.136 e. The van der Waals surface area contributed by atoms with Gasteiger partial charge in [-0.25, -0.2) is 9.97 Å². The van der Waals surface area contributed by atoms with Gasteiger partial charge < -0.3 is 10.2 Å². The van der Waals surface area contributed by atoms with Crippen LogP contribution in [0.15, 0.2) is 24.3 Å². The molecule has 2 aromatic rings. The van der Waals surface area contributed by atoms with Crippen LogP contribution in [0.25, 0.3) is 0 Å². The van der Waals surface area contributed by atoms with E-state index >= 15 is 0 Å². The summed E-state index contributed by atoms with van der Waals surface area (Å²) >= 11 is 0. The average Bonchev–Trinajstić information content (AvgIpc) is 2.45. The Morgan fingerprint density at radius 3 is 2.48 bits per heavy atom. The Kier molecular flexibility index (Phi) is 4.51. The Bertz CT molecular complexity index is 676. The second kappa shape index (κ2) is 6.57. The quantitative estimate of drug-likeness (QED) is 0.913. The zero-order valence-electron chi connectivity index (χ0n) is 14.6. The lowest BCUT2D eigenvalue weighted by atomic mass is 10.0. The second-order valence-corrected chi connectivity index (χ2v) is 6.85. The molecule has 2 heterocycles. The molecule has 1 aliphatic heterocycles. The first-order chi connectivity index (χ1) is 11.0. The molecule has 23 heavy (non-hydrogen) atoms. The number of nitrogens with one attached hydrogen (secondary N) is 1. The number of aromatic nitrogens is 2. The number of benzene rings is 1. The number of aryl methyl sites for hydroxylation is 3. The Morgan fingerprint density at radius 2 is 1.78 bits per heavy atom. The number of hydrogen-bond donors (Lipinski definition) is 1. The third-order valence-corrected chi connectivity index (χ3v) is 4.30. The van der Waals surface area contributed by atoms with E-state index in [0.29, 0.717) is 0 Å². The minimum absolute atomic E-state index is 0.731. The molecule has 4 heteroatoms. The maximum absolute atomic E-state index is 4.64. The van der Waals surface area contributed by atoms with E-state index in [9.17, 15) is 0 Å². The van der Waals surface area contributed by atoms with Crippen LogP contribution >= 0.6 is 0 Å². The van der Waals surface area contributed by atoms with Crippen molar-refractivity contribution in [3.63, 3.8) is 0 Å². The van der Waals surface area contributed by atoms with Crippen molar-refractivity contribution in [1.82, 2.24) is 9.97 Å². The molecule has 122 valence electrons. The first kappa shape index (κ1) is 15.8. The molecule has 1 atom stereocenters. The highest BCUT2D eigenvalue weighted by molar-refractivity contribution is 5.61. The Hall–Kier alpha value is -2.10. The zero-order valence-corrected chi connectivity index (χ0v) is 14.6. The predicted octanol–water partition coefficient (Wildman–Crippen LogP) is 4.38. The second-order valence-electron chi connectivity index (χ2n) is 6.85. The fourth-order valence-electron chi connectivity index (χ4n) is 3.37. The van der Waals surface area contributed by atoms with Crippen LogP contribution in [0, 0.1) is 26.7 Å². The van der Waals surface area contributed by atoms with Crippen molar-refractivity contribution in [2.75, 3.05) is 23.3 Å². The minimum Gasteiger partial charge on any atom is -0.356 e. The van der Waals surface area contributed by atoms with Gasteiger partial charge in [0.2, 0.25) is 0 Å². The summed E-state index contributed by atoms with van der Waals surface area (Å²) in [4.78, 5) is 11.6. The van der Waals surface area contributed by atoms with Crippen LogP contribution in [-0.4, -0.2) is 23.1 Å². The SMILES string of the molecule is Cc1cc(C)cc(Nc2cc(N3CCCC(C)C3)nc(C)n2)c1. The molecule has 1 unspecified atom stereocenters. The van der Waals surface area contributed by atoms with Crippen LogP contribution in [0.3, 0.4) is 0 Å². The molecule has 0 radical (unpaired) electrons. The smallest absolute Gasteiger partial charge is 0.136 e. The lowest BCUT2D eigenvalue weighted by Crippen LogP contribution is -2.35. The molecule has 0 bridgehead atoms. The van der Waals surface area contributed by atoms with E-state index in [1.54, 1.807) is 0 Å². The molecule has 1 saturated heterocycles. The Morgan fingerprint density at radius 1 is 1.04 bits per heavy atom. The Balaban J connectivity index is 1.85. The van der Waals surface area contributed by atoms with Crippen LogP contribution in [0.5, 0.6) is 0 Å². The van der Waals surface area contributed by atoms with E-state index in [-0.39, 0.29) is 0 Å². The van der Waals surface area contributed by atoms with E-state index in [2.05, 4.69) is 65.2 Å². The lowest BCUT2D eigenvalue weighted by molar-refractivity contribution is 0.444. The predicted molar refractivity (Wildman–Crippen MR) is 96.6 cm³/mol. The summed E-state index contributed by atoms with van der Waals surface area (Å²) in [6.07, 6.45) is 2.55. The van der Waals surface area contributed by atoms with E-state index in [1.165, 1.54) is 24.0 Å². The summed E-state index contributed by atoms with van der Waals surface area (Å²) in [5.41, 5.74) is 3.59. The number of nitrogens with zero attached hydrogens (tertiary/aromatic N) is 3. The molecule has 0 amide bonds. The number of hydrogen-bond acceptors (Lipinski definition) is 4. The van der Waals surface area contributed by atoms with E-state index < -0.39 is 0 Å². The van der Waals surface area contributed by atoms with Gasteiger partial charge in [0.1, 0.15) is 17.5 Å². The van der Waals surface area contributed by atoms with Gasteiger partial charge in [-0.1, -0.05) is 13.0 Å². The van der Waals surface area contributed by atoms with Gasteiger partial charge >= 0.3 is 0 Å². The third-order valence-electron chi connectivity index (χ3n) is 4.30. The third kappa shape index (κ3) is 4.01. The van der Waals surface area contributed by atoms with E-state index in [1.807, 2.05) is 6.92 Å². The molecular formula is C19H26N4. The van der Waals surface area contributed by atoms with Crippen LogP contribution in [0.2, 0.25) is 0 Å². The highest BCUT2D eigenvalue weighted by Crippen LogP contribution is 2.25. The average molecular weight is 310 g/mol.